The Morgan fingerprint density at radius 2 is 2.75 bits per heavy atom. The van der Waals surface area contributed by atoms with Crippen molar-refractivity contribution in [3.63, 3.8) is 0 Å². The summed E-state index contributed by atoms with van der Waals surface area (Å²) in [6, 6.07) is 0. The summed E-state index contributed by atoms with van der Waals surface area (Å²) in [6.07, 6.45) is 4.50. The highest BCUT2D eigenvalue weighted by molar-refractivity contribution is 8.05. The zero-order valence-corrected chi connectivity index (χ0v) is 6.43. The molecule has 1 aliphatic rings. The van der Waals surface area contributed by atoms with Gasteiger partial charge in [0, 0.05) is 5.25 Å². The van der Waals surface area contributed by atoms with Gasteiger partial charge in [0.05, 0.1) is 4.36 Å². The molecule has 8 heavy (non-hydrogen) atoms. The Labute approximate surface area is 59.3 Å². The Morgan fingerprint density at radius 1 is 2.00 bits per heavy atom. The molecule has 0 amide bonds. The maximum absolute atomic E-state index is 5.71. The first-order chi connectivity index (χ1) is 3.83. The van der Waals surface area contributed by atoms with Gasteiger partial charge in [-0.1, -0.05) is 24.6 Å². The molecule has 1 heterocycles. The molecule has 0 aliphatic carbocycles. The number of halogens is 1. The summed E-state index contributed by atoms with van der Waals surface area (Å²) < 4.78 is 0.983. The number of hydrogen-bond acceptors (Lipinski definition) is 1. The van der Waals surface area contributed by atoms with E-state index in [9.17, 15) is 0 Å². The lowest BCUT2D eigenvalue weighted by molar-refractivity contribution is 0.849. The van der Waals surface area contributed by atoms with E-state index in [4.69, 9.17) is 11.6 Å². The zero-order valence-electron chi connectivity index (χ0n) is 4.86. The third kappa shape index (κ3) is 1.43. The van der Waals surface area contributed by atoms with Crippen LogP contribution in [0.5, 0.6) is 0 Å². The van der Waals surface area contributed by atoms with Crippen LogP contribution in [-0.2, 0) is 0 Å². The molecule has 1 rings (SSSR count). The van der Waals surface area contributed by atoms with Gasteiger partial charge < -0.3 is 0 Å². The molecule has 1 atom stereocenters. The molecule has 0 aromatic heterocycles. The maximum Gasteiger partial charge on any atom is 0.0698 e. The molecule has 0 fully saturated rings. The van der Waals surface area contributed by atoms with Crippen LogP contribution in [0.2, 0.25) is 0 Å². The molecule has 0 nitrogen and oxygen atoms in total. The van der Waals surface area contributed by atoms with Gasteiger partial charge in [-0.05, 0) is 12.8 Å². The topological polar surface area (TPSA) is 0 Å². The fourth-order valence-electron chi connectivity index (χ4n) is 0.730. The van der Waals surface area contributed by atoms with Crippen LogP contribution in [-0.4, -0.2) is 5.25 Å². The largest absolute Gasteiger partial charge is 0.111 e. The Kier molecular flexibility index (Phi) is 2.27. The Bertz CT molecular complexity index is 109. The van der Waals surface area contributed by atoms with Crippen LogP contribution in [0.3, 0.4) is 0 Å². The smallest absolute Gasteiger partial charge is 0.0698 e. The SMILES string of the molecule is CCC1CC=C(Cl)S1. The quantitative estimate of drug-likeness (QED) is 0.551. The lowest BCUT2D eigenvalue weighted by Gasteiger charge is -2.00. The van der Waals surface area contributed by atoms with Crippen LogP contribution in [0, 0.1) is 0 Å². The average Bonchev–Trinajstić information content (AvgIpc) is 2.14. The summed E-state index contributed by atoms with van der Waals surface area (Å²) in [5, 5.41) is 0.766. The Morgan fingerprint density at radius 3 is 3.00 bits per heavy atom. The van der Waals surface area contributed by atoms with Gasteiger partial charge >= 0.3 is 0 Å². The van der Waals surface area contributed by atoms with Gasteiger partial charge in [0.15, 0.2) is 0 Å². The molecule has 2 heteroatoms. The highest BCUT2D eigenvalue weighted by Gasteiger charge is 2.13. The summed E-state index contributed by atoms with van der Waals surface area (Å²) in [5.41, 5.74) is 0. The van der Waals surface area contributed by atoms with E-state index in [1.165, 1.54) is 12.8 Å². The van der Waals surface area contributed by atoms with Crippen LogP contribution in [0.1, 0.15) is 19.8 Å². The van der Waals surface area contributed by atoms with E-state index in [0.717, 1.165) is 9.61 Å². The van der Waals surface area contributed by atoms with Crippen molar-refractivity contribution >= 4 is 23.4 Å². The van der Waals surface area contributed by atoms with Crippen molar-refractivity contribution in [3.8, 4) is 0 Å². The maximum atomic E-state index is 5.71. The first kappa shape index (κ1) is 6.50. The minimum absolute atomic E-state index is 0.766. The van der Waals surface area contributed by atoms with E-state index >= 15 is 0 Å². The highest BCUT2D eigenvalue weighted by Crippen LogP contribution is 2.35. The van der Waals surface area contributed by atoms with Gasteiger partial charge in [-0.25, -0.2) is 0 Å². The van der Waals surface area contributed by atoms with Crippen molar-refractivity contribution in [3.05, 3.63) is 10.4 Å². The second kappa shape index (κ2) is 2.79. The van der Waals surface area contributed by atoms with Crippen molar-refractivity contribution in [2.45, 2.75) is 25.0 Å². The van der Waals surface area contributed by atoms with Crippen molar-refractivity contribution in [1.29, 1.82) is 0 Å². The van der Waals surface area contributed by atoms with E-state index in [1.807, 2.05) is 0 Å². The van der Waals surface area contributed by atoms with Crippen LogP contribution < -0.4 is 0 Å². The molecule has 0 saturated heterocycles. The Balaban J connectivity index is 2.32. The molecule has 0 bridgehead atoms. The van der Waals surface area contributed by atoms with Crippen LogP contribution in [0.15, 0.2) is 10.4 Å². The normalized spacial score (nSPS) is 28.2. The van der Waals surface area contributed by atoms with Crippen molar-refractivity contribution < 1.29 is 0 Å². The highest BCUT2D eigenvalue weighted by atomic mass is 35.5. The predicted octanol–water partition coefficient (Wildman–Crippen LogP) is 2.98. The third-order valence-corrected chi connectivity index (χ3v) is 2.95. The molecule has 0 N–H and O–H groups in total. The van der Waals surface area contributed by atoms with E-state index in [0.29, 0.717) is 0 Å². The first-order valence-corrected chi connectivity index (χ1v) is 4.11. The van der Waals surface area contributed by atoms with Gasteiger partial charge in [0.1, 0.15) is 0 Å². The molecular formula is C6H9ClS. The fourth-order valence-corrected chi connectivity index (χ4v) is 2.07. The second-order valence-corrected chi connectivity index (χ2v) is 3.87. The average molecular weight is 149 g/mol. The van der Waals surface area contributed by atoms with E-state index in [-0.39, 0.29) is 0 Å². The van der Waals surface area contributed by atoms with Crippen LogP contribution in [0.4, 0.5) is 0 Å². The fraction of sp³-hybridized carbons (Fsp3) is 0.667. The van der Waals surface area contributed by atoms with Gasteiger partial charge in [-0.15, -0.1) is 11.8 Å². The second-order valence-electron chi connectivity index (χ2n) is 1.89. The molecule has 0 saturated carbocycles. The van der Waals surface area contributed by atoms with Crippen LogP contribution >= 0.6 is 23.4 Å². The van der Waals surface area contributed by atoms with E-state index < -0.39 is 0 Å². The lowest BCUT2D eigenvalue weighted by Crippen LogP contribution is -1.91. The third-order valence-electron chi connectivity index (χ3n) is 1.28. The molecule has 1 aliphatic heterocycles. The van der Waals surface area contributed by atoms with Gasteiger partial charge in [-0.2, -0.15) is 0 Å². The summed E-state index contributed by atoms with van der Waals surface area (Å²) >= 11 is 7.50. The Hall–Kier alpha value is 0.380. The van der Waals surface area contributed by atoms with Gasteiger partial charge in [-0.3, -0.25) is 0 Å². The van der Waals surface area contributed by atoms with E-state index in [2.05, 4.69) is 13.0 Å². The first-order valence-electron chi connectivity index (χ1n) is 2.85. The van der Waals surface area contributed by atoms with Crippen LogP contribution in [0.25, 0.3) is 0 Å². The standard InChI is InChI=1S/C6H9ClS/c1-2-5-3-4-6(7)8-5/h4-5H,2-3H2,1H3. The number of thioether (sulfide) groups is 1. The van der Waals surface area contributed by atoms with Crippen molar-refractivity contribution in [2.24, 2.45) is 0 Å². The molecule has 46 valence electrons. The molecule has 0 aromatic carbocycles. The number of allylic oxidation sites excluding steroid dienone is 1. The molecule has 0 radical (unpaired) electrons. The van der Waals surface area contributed by atoms with Crippen molar-refractivity contribution in [2.75, 3.05) is 0 Å². The van der Waals surface area contributed by atoms with Gasteiger partial charge in [0.2, 0.25) is 0 Å². The molecule has 1 unspecified atom stereocenters. The summed E-state index contributed by atoms with van der Waals surface area (Å²) in [5.74, 6) is 0. The number of rotatable bonds is 1. The number of hydrogen-bond donors (Lipinski definition) is 0. The minimum atomic E-state index is 0.766. The van der Waals surface area contributed by atoms with Crippen molar-refractivity contribution in [1.82, 2.24) is 0 Å². The van der Waals surface area contributed by atoms with E-state index in [1.54, 1.807) is 11.8 Å². The monoisotopic (exact) mass is 148 g/mol. The lowest BCUT2D eigenvalue weighted by atomic mass is 10.2. The summed E-state index contributed by atoms with van der Waals surface area (Å²) in [7, 11) is 0. The molecule has 0 spiro atoms. The van der Waals surface area contributed by atoms with Gasteiger partial charge in [0.25, 0.3) is 0 Å². The molecule has 0 aromatic rings. The molecular weight excluding hydrogens is 140 g/mol. The minimum Gasteiger partial charge on any atom is -0.111 e. The predicted molar refractivity (Wildman–Crippen MR) is 40.2 cm³/mol. The zero-order chi connectivity index (χ0) is 5.98. The summed E-state index contributed by atoms with van der Waals surface area (Å²) in [6.45, 7) is 2.20. The summed E-state index contributed by atoms with van der Waals surface area (Å²) in [4.78, 5) is 0.